The third kappa shape index (κ3) is 3.51. The van der Waals surface area contributed by atoms with E-state index in [1.807, 2.05) is 78.9 Å². The normalized spacial score (nSPS) is 14.1. The van der Waals surface area contributed by atoms with E-state index in [1.54, 1.807) is 0 Å². The Morgan fingerprint density at radius 2 is 1.48 bits per heavy atom. The lowest BCUT2D eigenvalue weighted by Gasteiger charge is -2.27. The molecule has 0 aliphatic carbocycles. The van der Waals surface area contributed by atoms with E-state index < -0.39 is 7.29 Å². The molecule has 0 spiro atoms. The van der Waals surface area contributed by atoms with Crippen molar-refractivity contribution < 1.29 is 14.0 Å². The highest BCUT2D eigenvalue weighted by molar-refractivity contribution is 7.76. The van der Waals surface area contributed by atoms with Crippen molar-refractivity contribution in [3.05, 3.63) is 84.4 Å². The Bertz CT molecular complexity index is 916. The van der Waals surface area contributed by atoms with Crippen LogP contribution in [0.15, 0.2) is 78.9 Å². The fourth-order valence-electron chi connectivity index (χ4n) is 3.32. The summed E-state index contributed by atoms with van der Waals surface area (Å²) in [6.07, 6.45) is 0.795. The second-order valence-electron chi connectivity index (χ2n) is 6.48. The summed E-state index contributed by atoms with van der Waals surface area (Å²) in [7, 11) is -3.00. The van der Waals surface area contributed by atoms with Crippen molar-refractivity contribution in [1.29, 1.82) is 0 Å². The lowest BCUT2D eigenvalue weighted by atomic mass is 10.1. The van der Waals surface area contributed by atoms with E-state index in [0.717, 1.165) is 34.1 Å². The van der Waals surface area contributed by atoms with Crippen molar-refractivity contribution in [1.82, 2.24) is 5.09 Å². The highest BCUT2D eigenvalue weighted by Gasteiger charge is 2.30. The molecule has 1 aliphatic heterocycles. The largest absolute Gasteiger partial charge is 0.454 e. The summed E-state index contributed by atoms with van der Waals surface area (Å²) >= 11 is 0. The molecule has 4 nitrogen and oxygen atoms in total. The number of hydrogen-bond acceptors (Lipinski definition) is 3. The van der Waals surface area contributed by atoms with E-state index >= 15 is 0 Å². The predicted molar refractivity (Wildman–Crippen MR) is 108 cm³/mol. The average Bonchev–Trinajstić information content (AvgIpc) is 3.21. The number of rotatable bonds is 6. The lowest BCUT2D eigenvalue weighted by Crippen LogP contribution is -2.30. The molecule has 5 heteroatoms. The monoisotopic (exact) mass is 379 g/mol. The molecule has 0 radical (unpaired) electrons. The van der Waals surface area contributed by atoms with Crippen LogP contribution in [0.5, 0.6) is 11.5 Å². The van der Waals surface area contributed by atoms with Gasteiger partial charge in [0.2, 0.25) is 14.1 Å². The highest BCUT2D eigenvalue weighted by Crippen LogP contribution is 2.43. The van der Waals surface area contributed by atoms with Gasteiger partial charge in [-0.15, -0.1) is 0 Å². The smallest absolute Gasteiger partial charge is 0.231 e. The summed E-state index contributed by atoms with van der Waals surface area (Å²) in [4.78, 5) is 0. The van der Waals surface area contributed by atoms with E-state index in [4.69, 9.17) is 9.47 Å². The first kappa shape index (κ1) is 17.8. The third-order valence-corrected chi connectivity index (χ3v) is 7.51. The molecule has 0 saturated heterocycles. The molecule has 1 aliphatic rings. The summed E-state index contributed by atoms with van der Waals surface area (Å²) in [6, 6.07) is 25.1. The van der Waals surface area contributed by atoms with Gasteiger partial charge in [0.25, 0.3) is 0 Å². The van der Waals surface area contributed by atoms with Gasteiger partial charge in [-0.1, -0.05) is 49.4 Å². The van der Waals surface area contributed by atoms with Gasteiger partial charge in [0.15, 0.2) is 11.5 Å². The molecule has 1 N–H and O–H groups in total. The first-order valence-corrected chi connectivity index (χ1v) is 10.8. The second kappa shape index (κ2) is 7.59. The van der Waals surface area contributed by atoms with Crippen LogP contribution in [0.3, 0.4) is 0 Å². The third-order valence-electron chi connectivity index (χ3n) is 4.78. The number of benzene rings is 3. The van der Waals surface area contributed by atoms with E-state index in [0.29, 0.717) is 0 Å². The van der Waals surface area contributed by atoms with E-state index in [1.165, 1.54) is 0 Å². The molecular formula is C22H22NO3P. The van der Waals surface area contributed by atoms with Crippen LogP contribution in [-0.2, 0) is 4.57 Å². The maximum atomic E-state index is 14.2. The SMILES string of the molecule is CCC(NP(=O)(c1ccccc1)c1ccccc1)c1ccc2c(c1)OCO2. The summed E-state index contributed by atoms with van der Waals surface area (Å²) in [5, 5.41) is 5.08. The summed E-state index contributed by atoms with van der Waals surface area (Å²) in [6.45, 7) is 2.33. The van der Waals surface area contributed by atoms with Crippen molar-refractivity contribution in [2.75, 3.05) is 6.79 Å². The van der Waals surface area contributed by atoms with Gasteiger partial charge in [-0.25, -0.2) is 0 Å². The number of hydrogen-bond donors (Lipinski definition) is 1. The average molecular weight is 379 g/mol. The van der Waals surface area contributed by atoms with Crippen LogP contribution in [0.4, 0.5) is 0 Å². The second-order valence-corrected chi connectivity index (χ2v) is 8.99. The van der Waals surface area contributed by atoms with Gasteiger partial charge in [0.1, 0.15) is 0 Å². The van der Waals surface area contributed by atoms with Crippen molar-refractivity contribution in [3.63, 3.8) is 0 Å². The summed E-state index contributed by atoms with van der Waals surface area (Å²) in [5.41, 5.74) is 1.04. The van der Waals surface area contributed by atoms with Gasteiger partial charge in [-0.2, -0.15) is 0 Å². The maximum absolute atomic E-state index is 14.2. The molecule has 1 atom stereocenters. The van der Waals surface area contributed by atoms with Crippen molar-refractivity contribution in [2.24, 2.45) is 0 Å². The van der Waals surface area contributed by atoms with Gasteiger partial charge in [0.05, 0.1) is 0 Å². The minimum Gasteiger partial charge on any atom is -0.454 e. The minimum atomic E-state index is -3.00. The molecule has 0 saturated carbocycles. The Labute approximate surface area is 159 Å². The number of nitrogens with one attached hydrogen (secondary N) is 1. The predicted octanol–water partition coefficient (Wildman–Crippen LogP) is 4.39. The Balaban J connectivity index is 1.73. The molecule has 0 fully saturated rings. The first-order chi connectivity index (χ1) is 13.2. The van der Waals surface area contributed by atoms with Gasteiger partial charge >= 0.3 is 0 Å². The van der Waals surface area contributed by atoms with Crippen LogP contribution in [0.2, 0.25) is 0 Å². The van der Waals surface area contributed by atoms with Crippen LogP contribution in [0.1, 0.15) is 24.9 Å². The van der Waals surface area contributed by atoms with E-state index in [2.05, 4.69) is 12.0 Å². The topological polar surface area (TPSA) is 47.6 Å². The molecule has 0 bridgehead atoms. The standard InChI is InChI=1S/C22H22NO3P/c1-2-20(17-13-14-21-22(15-17)26-16-25-21)23-27(24,18-9-5-3-6-10-18)19-11-7-4-8-12-19/h3-15,20H,2,16H2,1H3,(H,23,24). The fraction of sp³-hybridized carbons (Fsp3) is 0.182. The first-order valence-electron chi connectivity index (χ1n) is 9.09. The molecule has 138 valence electrons. The van der Waals surface area contributed by atoms with Gasteiger partial charge in [-0.3, -0.25) is 9.65 Å². The van der Waals surface area contributed by atoms with Crippen LogP contribution in [-0.4, -0.2) is 6.79 Å². The maximum Gasteiger partial charge on any atom is 0.231 e. The van der Waals surface area contributed by atoms with Crippen molar-refractivity contribution in [2.45, 2.75) is 19.4 Å². The number of ether oxygens (including phenoxy) is 2. The summed E-state index contributed by atoms with van der Waals surface area (Å²) < 4.78 is 25.1. The Kier molecular flexibility index (Phi) is 5.02. The Morgan fingerprint density at radius 3 is 2.07 bits per heavy atom. The van der Waals surface area contributed by atoms with Crippen LogP contribution < -0.4 is 25.2 Å². The molecule has 3 aromatic rings. The minimum absolute atomic E-state index is 0.0780. The Morgan fingerprint density at radius 1 is 0.889 bits per heavy atom. The molecule has 4 rings (SSSR count). The molecule has 1 unspecified atom stereocenters. The lowest BCUT2D eigenvalue weighted by molar-refractivity contribution is 0.174. The van der Waals surface area contributed by atoms with Crippen LogP contribution in [0.25, 0.3) is 0 Å². The Hall–Kier alpha value is -2.55. The summed E-state index contributed by atoms with van der Waals surface area (Å²) in [5.74, 6) is 1.49. The van der Waals surface area contributed by atoms with Crippen LogP contribution >= 0.6 is 7.29 Å². The molecule has 0 amide bonds. The van der Waals surface area contributed by atoms with E-state index in [9.17, 15) is 4.57 Å². The van der Waals surface area contributed by atoms with Gasteiger partial charge < -0.3 is 9.47 Å². The zero-order valence-electron chi connectivity index (χ0n) is 15.2. The van der Waals surface area contributed by atoms with Gasteiger partial charge in [-0.05, 0) is 48.4 Å². The highest BCUT2D eigenvalue weighted by atomic mass is 31.2. The van der Waals surface area contributed by atoms with Crippen molar-refractivity contribution in [3.8, 4) is 11.5 Å². The fourth-order valence-corrected chi connectivity index (χ4v) is 5.88. The quantitative estimate of drug-likeness (QED) is 0.646. The molecular weight excluding hydrogens is 357 g/mol. The number of fused-ring (bicyclic) bond motifs is 1. The molecule has 1 heterocycles. The van der Waals surface area contributed by atoms with E-state index in [-0.39, 0.29) is 12.8 Å². The molecule has 27 heavy (non-hydrogen) atoms. The molecule has 3 aromatic carbocycles. The van der Waals surface area contributed by atoms with Crippen LogP contribution in [0, 0.1) is 0 Å². The zero-order chi connectivity index (χ0) is 18.7. The molecule has 0 aromatic heterocycles. The van der Waals surface area contributed by atoms with Crippen molar-refractivity contribution >= 4 is 17.9 Å². The van der Waals surface area contributed by atoms with Gasteiger partial charge in [0, 0.05) is 16.7 Å². The zero-order valence-corrected chi connectivity index (χ0v) is 16.1.